The van der Waals surface area contributed by atoms with E-state index in [0.717, 1.165) is 6.07 Å². The molecule has 2 fully saturated rings. The molecule has 0 aromatic heterocycles. The van der Waals surface area contributed by atoms with Crippen molar-refractivity contribution in [3.63, 3.8) is 0 Å². The van der Waals surface area contributed by atoms with Gasteiger partial charge in [-0.1, -0.05) is 36.4 Å². The van der Waals surface area contributed by atoms with Crippen LogP contribution >= 0.6 is 0 Å². The van der Waals surface area contributed by atoms with Crippen molar-refractivity contribution in [1.29, 1.82) is 0 Å². The quantitative estimate of drug-likeness (QED) is 0.417. The number of nitro benzene ring substituents is 2. The van der Waals surface area contributed by atoms with Crippen molar-refractivity contribution in [3.8, 4) is 0 Å². The fourth-order valence-electron chi connectivity index (χ4n) is 6.04. The molecule has 6 rings (SSSR count). The summed E-state index contributed by atoms with van der Waals surface area (Å²) in [6.45, 7) is 0.0518. The van der Waals surface area contributed by atoms with Crippen LogP contribution in [0.3, 0.4) is 0 Å². The van der Waals surface area contributed by atoms with E-state index >= 15 is 0 Å². The van der Waals surface area contributed by atoms with E-state index in [0.29, 0.717) is 17.4 Å². The molecule has 0 N–H and O–H groups in total. The molecule has 8 heteroatoms. The highest BCUT2D eigenvalue weighted by molar-refractivity contribution is 5.49. The minimum atomic E-state index is -0.632. The molecule has 4 aliphatic rings. The molecule has 2 aliphatic carbocycles. The lowest BCUT2D eigenvalue weighted by molar-refractivity contribution is -0.394. The first-order valence-electron chi connectivity index (χ1n) is 10.0. The molecule has 0 unspecified atom stereocenters. The Balaban J connectivity index is 1.25. The van der Waals surface area contributed by atoms with Gasteiger partial charge in [0.2, 0.25) is 0 Å². The molecule has 2 aromatic rings. The summed E-state index contributed by atoms with van der Waals surface area (Å²) in [4.78, 5) is 21.1. The lowest BCUT2D eigenvalue weighted by Crippen LogP contribution is -2.25. The Morgan fingerprint density at radius 1 is 0.900 bits per heavy atom. The van der Waals surface area contributed by atoms with E-state index in [4.69, 9.17) is 9.47 Å². The van der Waals surface area contributed by atoms with Gasteiger partial charge in [-0.3, -0.25) is 20.2 Å². The van der Waals surface area contributed by atoms with Crippen molar-refractivity contribution >= 4 is 11.4 Å². The van der Waals surface area contributed by atoms with Gasteiger partial charge in [0.1, 0.15) is 0 Å². The first-order valence-corrected chi connectivity index (χ1v) is 10.0. The van der Waals surface area contributed by atoms with Crippen molar-refractivity contribution in [1.82, 2.24) is 0 Å². The number of hydrogen-bond donors (Lipinski definition) is 0. The van der Waals surface area contributed by atoms with Crippen LogP contribution in [0.5, 0.6) is 0 Å². The van der Waals surface area contributed by atoms with Crippen LogP contribution in [-0.2, 0) is 16.1 Å². The fraction of sp³-hybridized carbons (Fsp3) is 0.364. The second-order valence-electron chi connectivity index (χ2n) is 8.40. The number of rotatable bonds is 5. The Morgan fingerprint density at radius 2 is 1.53 bits per heavy atom. The highest BCUT2D eigenvalue weighted by Crippen LogP contribution is 2.68. The fourth-order valence-corrected chi connectivity index (χ4v) is 6.04. The maximum atomic E-state index is 11.4. The summed E-state index contributed by atoms with van der Waals surface area (Å²) in [6, 6.07) is 12.1. The Kier molecular flexibility index (Phi) is 3.66. The Morgan fingerprint density at radius 3 is 2.10 bits per heavy atom. The average molecular weight is 406 g/mol. The number of fused-ring (bicyclic) bond motifs is 12. The minimum Gasteiger partial charge on any atom is -0.372 e. The molecular formula is C22H18N2O6. The van der Waals surface area contributed by atoms with Gasteiger partial charge in [0.25, 0.3) is 11.4 Å². The van der Waals surface area contributed by atoms with Crippen LogP contribution in [0.25, 0.3) is 0 Å². The molecular weight excluding hydrogens is 388 g/mol. The number of ether oxygens (including phenoxy) is 2. The summed E-state index contributed by atoms with van der Waals surface area (Å²) in [5.74, 6) is 1.13. The lowest BCUT2D eigenvalue weighted by Gasteiger charge is -2.29. The van der Waals surface area contributed by atoms with Gasteiger partial charge in [-0.25, -0.2) is 0 Å². The van der Waals surface area contributed by atoms with Gasteiger partial charge in [-0.05, 0) is 17.2 Å². The van der Waals surface area contributed by atoms with Crippen LogP contribution in [0.2, 0.25) is 0 Å². The summed E-state index contributed by atoms with van der Waals surface area (Å²) in [5.41, 5.74) is 2.32. The molecule has 0 spiro atoms. The van der Waals surface area contributed by atoms with Crippen LogP contribution in [-0.4, -0.2) is 16.0 Å². The molecule has 4 bridgehead atoms. The van der Waals surface area contributed by atoms with Gasteiger partial charge >= 0.3 is 0 Å². The lowest BCUT2D eigenvalue weighted by atomic mass is 9.71. The van der Waals surface area contributed by atoms with Gasteiger partial charge in [0.15, 0.2) is 0 Å². The van der Waals surface area contributed by atoms with Crippen LogP contribution in [0.4, 0.5) is 11.4 Å². The highest BCUT2D eigenvalue weighted by Gasteiger charge is 2.65. The van der Waals surface area contributed by atoms with Gasteiger partial charge in [0, 0.05) is 29.7 Å². The monoisotopic (exact) mass is 406 g/mol. The molecule has 2 aromatic carbocycles. The topological polar surface area (TPSA) is 105 Å². The van der Waals surface area contributed by atoms with Crippen molar-refractivity contribution in [3.05, 3.63) is 91.5 Å². The first-order chi connectivity index (χ1) is 14.5. The molecule has 1 saturated heterocycles. The van der Waals surface area contributed by atoms with Gasteiger partial charge < -0.3 is 9.47 Å². The Labute approximate surface area is 171 Å². The van der Waals surface area contributed by atoms with E-state index in [-0.39, 0.29) is 48.1 Å². The van der Waals surface area contributed by atoms with Crippen LogP contribution in [0, 0.1) is 43.9 Å². The number of benzene rings is 2. The van der Waals surface area contributed by atoms with Crippen molar-refractivity contribution < 1.29 is 19.3 Å². The predicted octanol–water partition coefficient (Wildman–Crippen LogP) is 4.26. The molecule has 8 nitrogen and oxygen atoms in total. The van der Waals surface area contributed by atoms with E-state index in [1.165, 1.54) is 23.3 Å². The van der Waals surface area contributed by atoms with E-state index in [9.17, 15) is 20.2 Å². The number of hydrogen-bond acceptors (Lipinski definition) is 6. The maximum Gasteiger partial charge on any atom is 0.281 e. The summed E-state index contributed by atoms with van der Waals surface area (Å²) >= 11 is 0. The standard InChI is InChI=1S/C22H18N2O6/c25-23(26)12-6-5-11(17(9-12)24(27)28)10-29-20-15-7-8-16(20)19-18(15)21-13-3-1-2-4-14(13)22(19)30-21/h1-9,15-16,18-22H,10H2/t15-,16-,18-,19-,21+,22+/m0/s1. The number of nitrogens with zero attached hydrogens (tertiary/aromatic N) is 2. The molecule has 1 saturated carbocycles. The van der Waals surface area contributed by atoms with Gasteiger partial charge in [-0.15, -0.1) is 0 Å². The first kappa shape index (κ1) is 17.7. The molecule has 2 aliphatic heterocycles. The van der Waals surface area contributed by atoms with Gasteiger partial charge in [0.05, 0.1) is 46.4 Å². The number of nitro groups is 2. The zero-order chi connectivity index (χ0) is 20.6. The van der Waals surface area contributed by atoms with Crippen LogP contribution < -0.4 is 0 Å². The third-order valence-electron chi connectivity index (χ3n) is 7.16. The third-order valence-corrected chi connectivity index (χ3v) is 7.16. The summed E-state index contributed by atoms with van der Waals surface area (Å²) < 4.78 is 12.6. The molecule has 152 valence electrons. The zero-order valence-electron chi connectivity index (χ0n) is 15.8. The Hall–Kier alpha value is -3.10. The average Bonchev–Trinajstić information content (AvgIpc) is 3.49. The molecule has 30 heavy (non-hydrogen) atoms. The van der Waals surface area contributed by atoms with E-state index in [2.05, 4.69) is 24.3 Å². The molecule has 6 atom stereocenters. The number of non-ortho nitro benzene ring substituents is 1. The van der Waals surface area contributed by atoms with E-state index in [1.54, 1.807) is 0 Å². The van der Waals surface area contributed by atoms with Crippen molar-refractivity contribution in [2.75, 3.05) is 0 Å². The van der Waals surface area contributed by atoms with Crippen molar-refractivity contribution in [2.45, 2.75) is 24.9 Å². The van der Waals surface area contributed by atoms with Crippen LogP contribution in [0.15, 0.2) is 54.6 Å². The SMILES string of the molecule is O=[N+]([O-])c1ccc(COC2[C@H]3C=C[C@H]2[C@H]2[C@H]3[C@@H]3O[C@@H]2c2ccccc23)c([N+](=O)[O-])c1. The van der Waals surface area contributed by atoms with Crippen molar-refractivity contribution in [2.24, 2.45) is 23.7 Å². The highest BCUT2D eigenvalue weighted by atomic mass is 16.6. The Bertz CT molecular complexity index is 1070. The third kappa shape index (κ3) is 2.28. The molecule has 2 heterocycles. The summed E-state index contributed by atoms with van der Waals surface area (Å²) in [7, 11) is 0. The normalized spacial score (nSPS) is 34.2. The summed E-state index contributed by atoms with van der Waals surface area (Å²) in [5, 5.41) is 22.4. The van der Waals surface area contributed by atoms with Gasteiger partial charge in [-0.2, -0.15) is 0 Å². The van der Waals surface area contributed by atoms with E-state index in [1.807, 2.05) is 12.1 Å². The molecule has 0 amide bonds. The smallest absolute Gasteiger partial charge is 0.281 e. The maximum absolute atomic E-state index is 11.4. The molecule has 0 radical (unpaired) electrons. The van der Waals surface area contributed by atoms with E-state index < -0.39 is 9.85 Å². The predicted molar refractivity (Wildman–Crippen MR) is 104 cm³/mol. The summed E-state index contributed by atoms with van der Waals surface area (Å²) in [6.07, 6.45) is 4.51. The van der Waals surface area contributed by atoms with Crippen LogP contribution in [0.1, 0.15) is 28.9 Å². The zero-order valence-corrected chi connectivity index (χ0v) is 15.8. The second-order valence-corrected chi connectivity index (χ2v) is 8.40. The second kappa shape index (κ2) is 6.20. The largest absolute Gasteiger partial charge is 0.372 e. The minimum absolute atomic E-state index is 0.0518.